The van der Waals surface area contributed by atoms with Gasteiger partial charge in [-0.15, -0.1) is 17.0 Å². The molecule has 1 heterocycles. The van der Waals surface area contributed by atoms with Crippen LogP contribution in [0, 0.1) is 0 Å². The average Bonchev–Trinajstić information content (AvgIpc) is 2.75. The maximum atomic E-state index is 2.31. The fraction of sp³-hybridized carbons (Fsp3) is 0.200. The SMILES string of the molecule is Br.CN1C=CN(Cc2ccc3ccccc3c2)C1. The van der Waals surface area contributed by atoms with E-state index in [2.05, 4.69) is 71.7 Å². The molecule has 2 aromatic rings. The van der Waals surface area contributed by atoms with Crippen LogP contribution in [0.4, 0.5) is 0 Å². The van der Waals surface area contributed by atoms with Crippen molar-refractivity contribution in [3.63, 3.8) is 0 Å². The Morgan fingerprint density at radius 3 is 2.50 bits per heavy atom. The van der Waals surface area contributed by atoms with Crippen LogP contribution in [0.2, 0.25) is 0 Å². The van der Waals surface area contributed by atoms with Crippen molar-refractivity contribution in [2.75, 3.05) is 13.7 Å². The Hall–Kier alpha value is -1.48. The van der Waals surface area contributed by atoms with Crippen molar-refractivity contribution in [1.29, 1.82) is 0 Å². The zero-order valence-electron chi connectivity index (χ0n) is 10.4. The lowest BCUT2D eigenvalue weighted by Gasteiger charge is -2.18. The molecule has 2 aromatic carbocycles. The van der Waals surface area contributed by atoms with Gasteiger partial charge in [0.25, 0.3) is 0 Å². The number of nitrogens with zero attached hydrogens (tertiary/aromatic N) is 2. The van der Waals surface area contributed by atoms with Crippen molar-refractivity contribution in [2.24, 2.45) is 0 Å². The molecule has 0 bridgehead atoms. The van der Waals surface area contributed by atoms with E-state index in [1.807, 2.05) is 0 Å². The predicted octanol–water partition coefficient (Wildman–Crippen LogP) is 3.59. The molecule has 3 heteroatoms. The molecule has 18 heavy (non-hydrogen) atoms. The monoisotopic (exact) mass is 304 g/mol. The van der Waals surface area contributed by atoms with Gasteiger partial charge in [0.1, 0.15) is 0 Å². The molecule has 0 saturated heterocycles. The molecule has 0 N–H and O–H groups in total. The first-order valence-electron chi connectivity index (χ1n) is 5.91. The molecule has 0 atom stereocenters. The first kappa shape index (κ1) is 13.0. The first-order valence-corrected chi connectivity index (χ1v) is 5.91. The van der Waals surface area contributed by atoms with Gasteiger partial charge in [0.05, 0.1) is 6.67 Å². The van der Waals surface area contributed by atoms with E-state index in [0.29, 0.717) is 0 Å². The molecule has 0 radical (unpaired) electrons. The lowest BCUT2D eigenvalue weighted by molar-refractivity contribution is 0.291. The van der Waals surface area contributed by atoms with E-state index in [1.54, 1.807) is 0 Å². The third-order valence-electron chi connectivity index (χ3n) is 3.14. The Balaban J connectivity index is 0.00000120. The third kappa shape index (κ3) is 2.67. The maximum Gasteiger partial charge on any atom is 0.0894 e. The number of halogens is 1. The minimum Gasteiger partial charge on any atom is -0.362 e. The molecular weight excluding hydrogens is 288 g/mol. The van der Waals surface area contributed by atoms with Crippen LogP contribution in [0.3, 0.4) is 0 Å². The number of benzene rings is 2. The summed E-state index contributed by atoms with van der Waals surface area (Å²) in [5.74, 6) is 0. The maximum absolute atomic E-state index is 2.31. The summed E-state index contributed by atoms with van der Waals surface area (Å²) >= 11 is 0. The van der Waals surface area contributed by atoms with Gasteiger partial charge in [-0.1, -0.05) is 36.4 Å². The fourth-order valence-electron chi connectivity index (χ4n) is 2.26. The number of rotatable bonds is 2. The molecule has 0 unspecified atom stereocenters. The summed E-state index contributed by atoms with van der Waals surface area (Å²) < 4.78 is 0. The Kier molecular flexibility index (Phi) is 3.92. The van der Waals surface area contributed by atoms with E-state index in [-0.39, 0.29) is 17.0 Å². The number of fused-ring (bicyclic) bond motifs is 1. The molecule has 2 nitrogen and oxygen atoms in total. The molecule has 0 fully saturated rings. The van der Waals surface area contributed by atoms with Gasteiger partial charge in [0.15, 0.2) is 0 Å². The van der Waals surface area contributed by atoms with Crippen LogP contribution >= 0.6 is 17.0 Å². The molecular formula is C15H17BrN2. The van der Waals surface area contributed by atoms with Gasteiger partial charge < -0.3 is 9.80 Å². The van der Waals surface area contributed by atoms with Crippen molar-refractivity contribution < 1.29 is 0 Å². The second-order valence-electron chi connectivity index (χ2n) is 4.62. The topological polar surface area (TPSA) is 6.48 Å². The summed E-state index contributed by atoms with van der Waals surface area (Å²) in [7, 11) is 2.09. The number of hydrogen-bond acceptors (Lipinski definition) is 2. The van der Waals surface area contributed by atoms with Crippen LogP contribution in [0.25, 0.3) is 10.8 Å². The Labute approximate surface area is 118 Å². The summed E-state index contributed by atoms with van der Waals surface area (Å²) in [4.78, 5) is 4.49. The fourth-order valence-corrected chi connectivity index (χ4v) is 2.26. The van der Waals surface area contributed by atoms with Crippen LogP contribution in [0.1, 0.15) is 5.56 Å². The van der Waals surface area contributed by atoms with Crippen LogP contribution in [0.15, 0.2) is 54.9 Å². The molecule has 0 aromatic heterocycles. The highest BCUT2D eigenvalue weighted by molar-refractivity contribution is 8.93. The van der Waals surface area contributed by atoms with Crippen LogP contribution in [-0.2, 0) is 6.54 Å². The minimum atomic E-state index is 0. The van der Waals surface area contributed by atoms with Gasteiger partial charge in [-0.25, -0.2) is 0 Å². The highest BCUT2D eigenvalue weighted by atomic mass is 79.9. The summed E-state index contributed by atoms with van der Waals surface area (Å²) in [6.07, 6.45) is 4.26. The van der Waals surface area contributed by atoms with E-state index in [1.165, 1.54) is 16.3 Å². The van der Waals surface area contributed by atoms with Crippen molar-refractivity contribution in [1.82, 2.24) is 9.80 Å². The molecule has 0 saturated carbocycles. The quantitative estimate of drug-likeness (QED) is 0.836. The van der Waals surface area contributed by atoms with Crippen molar-refractivity contribution >= 4 is 27.8 Å². The molecule has 0 aliphatic carbocycles. The molecule has 0 spiro atoms. The molecule has 3 rings (SSSR count). The van der Waals surface area contributed by atoms with Crippen molar-refractivity contribution in [3.05, 3.63) is 60.4 Å². The average molecular weight is 305 g/mol. The van der Waals surface area contributed by atoms with Gasteiger partial charge in [-0.3, -0.25) is 0 Å². The lowest BCUT2D eigenvalue weighted by atomic mass is 10.1. The van der Waals surface area contributed by atoms with Gasteiger partial charge >= 0.3 is 0 Å². The lowest BCUT2D eigenvalue weighted by Crippen LogP contribution is -2.21. The normalized spacial score (nSPS) is 14.1. The highest BCUT2D eigenvalue weighted by Gasteiger charge is 2.08. The summed E-state index contributed by atoms with van der Waals surface area (Å²) in [5.41, 5.74) is 1.36. The van der Waals surface area contributed by atoms with E-state index >= 15 is 0 Å². The molecule has 1 aliphatic rings. The van der Waals surface area contributed by atoms with Gasteiger partial charge in [-0.2, -0.15) is 0 Å². The Morgan fingerprint density at radius 2 is 1.78 bits per heavy atom. The highest BCUT2D eigenvalue weighted by Crippen LogP contribution is 2.18. The second kappa shape index (κ2) is 5.44. The minimum absolute atomic E-state index is 0. The Bertz CT molecular complexity index is 565. The molecule has 0 amide bonds. The van der Waals surface area contributed by atoms with Gasteiger partial charge in [-0.05, 0) is 22.4 Å². The van der Waals surface area contributed by atoms with E-state index in [9.17, 15) is 0 Å². The van der Waals surface area contributed by atoms with Gasteiger partial charge in [0, 0.05) is 26.0 Å². The van der Waals surface area contributed by atoms with E-state index in [4.69, 9.17) is 0 Å². The van der Waals surface area contributed by atoms with E-state index in [0.717, 1.165) is 13.2 Å². The van der Waals surface area contributed by atoms with Crippen molar-refractivity contribution in [3.8, 4) is 0 Å². The molecule has 94 valence electrons. The summed E-state index contributed by atoms with van der Waals surface area (Å²) in [5, 5.41) is 2.63. The zero-order chi connectivity index (χ0) is 11.7. The standard InChI is InChI=1S/C15H16N2.BrH/c1-16-8-9-17(12-16)11-13-6-7-14-4-2-3-5-15(14)10-13;/h2-10H,11-12H2,1H3;1H. The second-order valence-corrected chi connectivity index (χ2v) is 4.62. The van der Waals surface area contributed by atoms with E-state index < -0.39 is 0 Å². The smallest absolute Gasteiger partial charge is 0.0894 e. The van der Waals surface area contributed by atoms with Crippen LogP contribution in [0.5, 0.6) is 0 Å². The van der Waals surface area contributed by atoms with Crippen molar-refractivity contribution in [2.45, 2.75) is 6.54 Å². The summed E-state index contributed by atoms with van der Waals surface area (Å²) in [6, 6.07) is 15.2. The predicted molar refractivity (Wildman–Crippen MR) is 81.6 cm³/mol. The number of hydrogen-bond donors (Lipinski definition) is 0. The largest absolute Gasteiger partial charge is 0.362 e. The third-order valence-corrected chi connectivity index (χ3v) is 3.14. The first-order chi connectivity index (χ1) is 8.31. The zero-order valence-corrected chi connectivity index (χ0v) is 12.1. The van der Waals surface area contributed by atoms with Crippen LogP contribution < -0.4 is 0 Å². The Morgan fingerprint density at radius 1 is 1.00 bits per heavy atom. The molecule has 1 aliphatic heterocycles. The van der Waals surface area contributed by atoms with Gasteiger partial charge in [0.2, 0.25) is 0 Å². The van der Waals surface area contributed by atoms with Crippen LogP contribution in [-0.4, -0.2) is 23.5 Å². The summed E-state index contributed by atoms with van der Waals surface area (Å²) in [6.45, 7) is 1.96.